The maximum absolute atomic E-state index is 10.4. The van der Waals surface area contributed by atoms with Crippen LogP contribution >= 0.6 is 0 Å². The van der Waals surface area contributed by atoms with E-state index in [9.17, 15) is 14.4 Å². The zero-order valence-electron chi connectivity index (χ0n) is 10.4. The number of carbonyl (C=O) groups is 3. The standard InChI is InChI=1S/C6H8O4.C5H8O2/c1-4(6(8)9-3)10-5(2)7;1-4(2)5(6)7-3/h1H2,2-3H3;1H2,2-3H3. The zero-order chi connectivity index (χ0) is 14.0. The molecule has 0 unspecified atom stereocenters. The second kappa shape index (κ2) is 9.14. The minimum atomic E-state index is -0.741. The molecule has 0 atom stereocenters. The molecule has 0 N–H and O–H groups in total. The van der Waals surface area contributed by atoms with E-state index in [4.69, 9.17) is 0 Å². The molecule has 0 aliphatic carbocycles. The second-order valence-electron chi connectivity index (χ2n) is 2.78. The lowest BCUT2D eigenvalue weighted by Gasteiger charge is -2.00. The van der Waals surface area contributed by atoms with Crippen molar-refractivity contribution >= 4 is 17.9 Å². The van der Waals surface area contributed by atoms with E-state index in [1.54, 1.807) is 6.92 Å². The Morgan fingerprint density at radius 1 is 0.882 bits per heavy atom. The molecule has 0 fully saturated rings. The van der Waals surface area contributed by atoms with Crippen molar-refractivity contribution in [2.45, 2.75) is 13.8 Å². The Balaban J connectivity index is 0. The SMILES string of the molecule is C=C(C)C(=O)OC.C=C(OC(C)=O)C(=O)OC. The minimum Gasteiger partial charge on any atom is -0.466 e. The zero-order valence-corrected chi connectivity index (χ0v) is 10.4. The van der Waals surface area contributed by atoms with Crippen LogP contribution in [0.1, 0.15) is 13.8 Å². The van der Waals surface area contributed by atoms with Crippen LogP contribution in [0, 0.1) is 0 Å². The molecular weight excluding hydrogens is 228 g/mol. The van der Waals surface area contributed by atoms with Gasteiger partial charge in [0, 0.05) is 12.5 Å². The van der Waals surface area contributed by atoms with Crippen LogP contribution in [0.5, 0.6) is 0 Å². The third-order valence-corrected chi connectivity index (χ3v) is 1.21. The molecule has 0 aromatic rings. The smallest absolute Gasteiger partial charge is 0.373 e. The number of hydrogen-bond acceptors (Lipinski definition) is 6. The number of ether oxygens (including phenoxy) is 3. The highest BCUT2D eigenvalue weighted by molar-refractivity contribution is 5.88. The van der Waals surface area contributed by atoms with E-state index in [0.717, 1.165) is 0 Å². The van der Waals surface area contributed by atoms with Crippen LogP contribution < -0.4 is 0 Å². The first-order valence-electron chi connectivity index (χ1n) is 4.45. The maximum atomic E-state index is 10.4. The van der Waals surface area contributed by atoms with Gasteiger partial charge in [-0.15, -0.1) is 0 Å². The van der Waals surface area contributed by atoms with E-state index >= 15 is 0 Å². The van der Waals surface area contributed by atoms with Gasteiger partial charge in [0.15, 0.2) is 0 Å². The van der Waals surface area contributed by atoms with E-state index in [1.807, 2.05) is 0 Å². The van der Waals surface area contributed by atoms with Crippen LogP contribution in [0.4, 0.5) is 0 Å². The van der Waals surface area contributed by atoms with Crippen LogP contribution in [-0.2, 0) is 28.6 Å². The molecule has 0 heterocycles. The van der Waals surface area contributed by atoms with Crippen LogP contribution in [0.2, 0.25) is 0 Å². The van der Waals surface area contributed by atoms with Gasteiger partial charge in [-0.2, -0.15) is 0 Å². The van der Waals surface area contributed by atoms with Gasteiger partial charge in [0.2, 0.25) is 5.76 Å². The summed E-state index contributed by atoms with van der Waals surface area (Å²) in [7, 11) is 2.51. The topological polar surface area (TPSA) is 78.9 Å². The van der Waals surface area contributed by atoms with Gasteiger partial charge in [-0.25, -0.2) is 9.59 Å². The van der Waals surface area contributed by atoms with Crippen molar-refractivity contribution in [2.24, 2.45) is 0 Å². The van der Waals surface area contributed by atoms with E-state index < -0.39 is 11.9 Å². The van der Waals surface area contributed by atoms with Crippen LogP contribution in [0.15, 0.2) is 24.5 Å². The number of esters is 3. The molecule has 6 nitrogen and oxygen atoms in total. The van der Waals surface area contributed by atoms with Crippen molar-refractivity contribution < 1.29 is 28.6 Å². The van der Waals surface area contributed by atoms with Crippen molar-refractivity contribution in [3.63, 3.8) is 0 Å². The first-order valence-corrected chi connectivity index (χ1v) is 4.45. The van der Waals surface area contributed by atoms with E-state index in [2.05, 4.69) is 27.4 Å². The first kappa shape index (κ1) is 17.3. The van der Waals surface area contributed by atoms with Gasteiger partial charge >= 0.3 is 17.9 Å². The highest BCUT2D eigenvalue weighted by atomic mass is 16.6. The molecule has 6 heteroatoms. The van der Waals surface area contributed by atoms with Gasteiger partial charge in [0.05, 0.1) is 14.2 Å². The lowest BCUT2D eigenvalue weighted by molar-refractivity contribution is -0.148. The minimum absolute atomic E-state index is 0.296. The summed E-state index contributed by atoms with van der Waals surface area (Å²) in [5.41, 5.74) is 0.433. The Morgan fingerprint density at radius 2 is 1.29 bits per heavy atom. The quantitative estimate of drug-likeness (QED) is 0.318. The summed E-state index contributed by atoms with van der Waals surface area (Å²) in [5, 5.41) is 0. The molecule has 0 saturated heterocycles. The fourth-order valence-electron chi connectivity index (χ4n) is 0.503. The van der Waals surface area contributed by atoms with Crippen LogP contribution in [0.3, 0.4) is 0 Å². The Hall–Kier alpha value is -2.11. The second-order valence-corrected chi connectivity index (χ2v) is 2.78. The van der Waals surface area contributed by atoms with Crippen molar-refractivity contribution in [1.29, 1.82) is 0 Å². The lowest BCUT2D eigenvalue weighted by atomic mass is 10.4. The summed E-state index contributed by atoms with van der Waals surface area (Å²) in [4.78, 5) is 30.8. The molecule has 0 spiro atoms. The lowest BCUT2D eigenvalue weighted by Crippen LogP contribution is -2.09. The molecule has 96 valence electrons. The number of rotatable bonds is 3. The van der Waals surface area contributed by atoms with Gasteiger partial charge in [0.1, 0.15) is 0 Å². The summed E-state index contributed by atoms with van der Waals surface area (Å²) >= 11 is 0. The number of carbonyl (C=O) groups excluding carboxylic acids is 3. The fourth-order valence-corrected chi connectivity index (χ4v) is 0.503. The van der Waals surface area contributed by atoms with E-state index in [-0.39, 0.29) is 11.7 Å². The van der Waals surface area contributed by atoms with Gasteiger partial charge in [0.25, 0.3) is 0 Å². The summed E-state index contributed by atoms with van der Waals surface area (Å²) in [5.74, 6) is -1.97. The molecular formula is C11H16O6. The number of hydrogen-bond donors (Lipinski definition) is 0. The highest BCUT2D eigenvalue weighted by Crippen LogP contribution is 1.95. The molecule has 0 amide bonds. The van der Waals surface area contributed by atoms with Gasteiger partial charge in [-0.1, -0.05) is 6.58 Å². The summed E-state index contributed by atoms with van der Waals surface area (Å²) in [6, 6.07) is 0. The normalized spacial score (nSPS) is 8.00. The van der Waals surface area contributed by atoms with Crippen molar-refractivity contribution in [2.75, 3.05) is 14.2 Å². The molecule has 0 aliphatic rings. The van der Waals surface area contributed by atoms with E-state index in [0.29, 0.717) is 5.57 Å². The van der Waals surface area contributed by atoms with Gasteiger partial charge in [-0.05, 0) is 13.5 Å². The Labute approximate surface area is 99.8 Å². The first-order chi connectivity index (χ1) is 7.76. The molecule has 0 rings (SSSR count). The summed E-state index contributed by atoms with van der Waals surface area (Å²) in [6.45, 7) is 9.28. The Morgan fingerprint density at radius 3 is 1.47 bits per heavy atom. The molecule has 17 heavy (non-hydrogen) atoms. The van der Waals surface area contributed by atoms with Crippen molar-refractivity contribution in [1.82, 2.24) is 0 Å². The third-order valence-electron chi connectivity index (χ3n) is 1.21. The monoisotopic (exact) mass is 244 g/mol. The molecule has 0 bridgehead atoms. The van der Waals surface area contributed by atoms with Crippen molar-refractivity contribution in [3.8, 4) is 0 Å². The molecule has 0 aromatic heterocycles. The molecule has 0 aromatic carbocycles. The summed E-state index contributed by atoms with van der Waals surface area (Å²) in [6.07, 6.45) is 0. The van der Waals surface area contributed by atoms with E-state index in [1.165, 1.54) is 21.1 Å². The fraction of sp³-hybridized carbons (Fsp3) is 0.364. The molecule has 0 aliphatic heterocycles. The summed E-state index contributed by atoms with van der Waals surface area (Å²) < 4.78 is 12.8. The average molecular weight is 244 g/mol. The Bertz CT molecular complexity index is 329. The molecule has 0 radical (unpaired) electrons. The van der Waals surface area contributed by atoms with Crippen LogP contribution in [0.25, 0.3) is 0 Å². The van der Waals surface area contributed by atoms with Gasteiger partial charge < -0.3 is 14.2 Å². The van der Waals surface area contributed by atoms with Gasteiger partial charge in [-0.3, -0.25) is 4.79 Å². The average Bonchev–Trinajstić information content (AvgIpc) is 2.26. The molecule has 0 saturated carbocycles. The number of methoxy groups -OCH3 is 2. The maximum Gasteiger partial charge on any atom is 0.373 e. The van der Waals surface area contributed by atoms with Crippen molar-refractivity contribution in [3.05, 3.63) is 24.5 Å². The predicted octanol–water partition coefficient (Wildman–Crippen LogP) is 0.972. The third kappa shape index (κ3) is 10.2. The highest BCUT2D eigenvalue weighted by Gasteiger charge is 2.08. The predicted molar refractivity (Wildman–Crippen MR) is 59.8 cm³/mol. The largest absolute Gasteiger partial charge is 0.466 e. The van der Waals surface area contributed by atoms with Crippen LogP contribution in [-0.4, -0.2) is 32.1 Å². The Kier molecular flexibility index (Phi) is 9.30.